The molecule has 2 aromatic carbocycles. The van der Waals surface area contributed by atoms with Crippen molar-refractivity contribution in [1.29, 1.82) is 0 Å². The van der Waals surface area contributed by atoms with E-state index in [1.807, 2.05) is 30.3 Å². The van der Waals surface area contributed by atoms with Crippen molar-refractivity contribution in [3.05, 3.63) is 59.7 Å². The monoisotopic (exact) mass is 271 g/mol. The molecule has 0 saturated carbocycles. The molecule has 0 fully saturated rings. The summed E-state index contributed by atoms with van der Waals surface area (Å²) in [7, 11) is 1.50. The molecule has 20 heavy (non-hydrogen) atoms. The molecule has 2 aromatic rings. The van der Waals surface area contributed by atoms with Gasteiger partial charge in [-0.3, -0.25) is 4.79 Å². The lowest BCUT2D eigenvalue weighted by atomic mass is 10.1. The van der Waals surface area contributed by atoms with Crippen LogP contribution in [-0.4, -0.2) is 18.1 Å². The number of amides is 1. The molecule has 0 aliphatic carbocycles. The molecule has 104 valence electrons. The maximum Gasteiger partial charge on any atom is 0.258 e. The number of anilines is 1. The lowest BCUT2D eigenvalue weighted by molar-refractivity contribution is -0.126. The van der Waals surface area contributed by atoms with Crippen molar-refractivity contribution in [1.82, 2.24) is 0 Å². The van der Waals surface area contributed by atoms with Crippen molar-refractivity contribution in [2.45, 2.75) is 13.0 Å². The zero-order valence-corrected chi connectivity index (χ0v) is 11.5. The maximum atomic E-state index is 12.2. The van der Waals surface area contributed by atoms with Crippen molar-refractivity contribution >= 4 is 11.6 Å². The molecule has 1 amide bonds. The minimum absolute atomic E-state index is 0.203. The van der Waals surface area contributed by atoms with Gasteiger partial charge < -0.3 is 15.2 Å². The second kappa shape index (κ2) is 6.21. The highest BCUT2D eigenvalue weighted by Gasteiger charge is 2.19. The van der Waals surface area contributed by atoms with Gasteiger partial charge in [-0.15, -0.1) is 0 Å². The fraction of sp³-hybridized carbons (Fsp3) is 0.188. The highest BCUT2D eigenvalue weighted by Crippen LogP contribution is 2.22. The zero-order chi connectivity index (χ0) is 14.5. The molecule has 4 heteroatoms. The van der Waals surface area contributed by atoms with Crippen LogP contribution in [0.15, 0.2) is 48.5 Å². The van der Waals surface area contributed by atoms with E-state index in [-0.39, 0.29) is 11.7 Å². The third-order valence-corrected chi connectivity index (χ3v) is 3.04. The van der Waals surface area contributed by atoms with Gasteiger partial charge in [-0.2, -0.15) is 0 Å². The van der Waals surface area contributed by atoms with Gasteiger partial charge in [0.05, 0.1) is 0 Å². The van der Waals surface area contributed by atoms with Crippen molar-refractivity contribution in [3.63, 3.8) is 0 Å². The molecule has 2 N–H and O–H groups in total. The second-order valence-electron chi connectivity index (χ2n) is 4.52. The van der Waals surface area contributed by atoms with Gasteiger partial charge in [-0.25, -0.2) is 0 Å². The van der Waals surface area contributed by atoms with Crippen molar-refractivity contribution in [3.8, 4) is 5.75 Å². The fourth-order valence-electron chi connectivity index (χ4n) is 1.96. The first-order chi connectivity index (χ1) is 9.61. The minimum Gasteiger partial charge on any atom is -0.508 e. The number of aryl methyl sites for hydroxylation is 1. The third-order valence-electron chi connectivity index (χ3n) is 3.04. The van der Waals surface area contributed by atoms with Gasteiger partial charge >= 0.3 is 0 Å². The Kier molecular flexibility index (Phi) is 4.38. The van der Waals surface area contributed by atoms with Crippen LogP contribution in [0, 0.1) is 6.92 Å². The summed E-state index contributed by atoms with van der Waals surface area (Å²) in [6.45, 7) is 1.77. The van der Waals surface area contributed by atoms with E-state index in [2.05, 4.69) is 5.32 Å². The first kappa shape index (κ1) is 14.1. The Hall–Kier alpha value is -2.33. The van der Waals surface area contributed by atoms with E-state index in [0.29, 0.717) is 11.3 Å². The van der Waals surface area contributed by atoms with Gasteiger partial charge in [0.15, 0.2) is 6.10 Å². The topological polar surface area (TPSA) is 58.6 Å². The van der Waals surface area contributed by atoms with Crippen molar-refractivity contribution < 1.29 is 14.6 Å². The minimum atomic E-state index is -0.662. The lowest BCUT2D eigenvalue weighted by Gasteiger charge is -2.16. The van der Waals surface area contributed by atoms with Crippen LogP contribution >= 0.6 is 0 Å². The summed E-state index contributed by atoms with van der Waals surface area (Å²) in [5.41, 5.74) is 2.13. The molecule has 0 aliphatic heterocycles. The van der Waals surface area contributed by atoms with Gasteiger partial charge in [-0.1, -0.05) is 30.3 Å². The summed E-state index contributed by atoms with van der Waals surface area (Å²) in [4.78, 5) is 12.2. The quantitative estimate of drug-likeness (QED) is 0.840. The smallest absolute Gasteiger partial charge is 0.258 e. The highest BCUT2D eigenvalue weighted by molar-refractivity contribution is 5.95. The van der Waals surface area contributed by atoms with Crippen LogP contribution in [0.1, 0.15) is 17.2 Å². The van der Waals surface area contributed by atoms with Crippen LogP contribution in [0.5, 0.6) is 5.75 Å². The summed E-state index contributed by atoms with van der Waals surface area (Å²) in [5, 5.41) is 12.3. The number of phenols is 1. The lowest BCUT2D eigenvalue weighted by Crippen LogP contribution is -2.22. The number of benzene rings is 2. The average Bonchev–Trinajstić information content (AvgIpc) is 2.45. The molecule has 2 rings (SSSR count). The van der Waals surface area contributed by atoms with E-state index in [9.17, 15) is 9.90 Å². The van der Waals surface area contributed by atoms with Crippen molar-refractivity contribution in [2.24, 2.45) is 0 Å². The Bertz CT molecular complexity index is 596. The number of hydrogen-bond donors (Lipinski definition) is 2. The molecule has 0 heterocycles. The summed E-state index contributed by atoms with van der Waals surface area (Å²) in [5.74, 6) is -0.0434. The molecular formula is C16H17NO3. The van der Waals surface area contributed by atoms with Crippen molar-refractivity contribution in [2.75, 3.05) is 12.4 Å². The number of carbonyl (C=O) groups excluding carboxylic acids is 1. The van der Waals surface area contributed by atoms with Crippen LogP contribution in [0.2, 0.25) is 0 Å². The number of ether oxygens (including phenoxy) is 1. The first-order valence-corrected chi connectivity index (χ1v) is 6.30. The molecular weight excluding hydrogens is 254 g/mol. The van der Waals surface area contributed by atoms with E-state index in [4.69, 9.17) is 4.74 Å². The molecule has 1 atom stereocenters. The molecule has 0 aromatic heterocycles. The summed E-state index contributed by atoms with van der Waals surface area (Å²) < 4.78 is 5.26. The molecule has 0 aliphatic rings. The summed E-state index contributed by atoms with van der Waals surface area (Å²) in [6.07, 6.45) is -0.662. The number of phenolic OH excluding ortho intramolecular Hbond substituents is 1. The Morgan fingerprint density at radius 1 is 1.20 bits per heavy atom. The molecule has 0 bridgehead atoms. The average molecular weight is 271 g/mol. The molecule has 0 saturated heterocycles. The molecule has 4 nitrogen and oxygen atoms in total. The van der Waals surface area contributed by atoms with Gasteiger partial charge in [0.2, 0.25) is 0 Å². The van der Waals surface area contributed by atoms with Gasteiger partial charge in [-0.05, 0) is 36.2 Å². The predicted octanol–water partition coefficient (Wildman–Crippen LogP) is 3.03. The number of aromatic hydroxyl groups is 1. The van der Waals surface area contributed by atoms with Crippen LogP contribution < -0.4 is 5.32 Å². The van der Waals surface area contributed by atoms with Gasteiger partial charge in [0.1, 0.15) is 5.75 Å². The van der Waals surface area contributed by atoms with Crippen LogP contribution in [0.25, 0.3) is 0 Å². The number of nitrogens with one attached hydrogen (secondary N) is 1. The number of methoxy groups -OCH3 is 1. The van der Waals surface area contributed by atoms with Crippen LogP contribution in [0.3, 0.4) is 0 Å². The molecule has 0 spiro atoms. The number of carbonyl (C=O) groups is 1. The predicted molar refractivity (Wildman–Crippen MR) is 77.7 cm³/mol. The Morgan fingerprint density at radius 3 is 2.50 bits per heavy atom. The van der Waals surface area contributed by atoms with E-state index >= 15 is 0 Å². The van der Waals surface area contributed by atoms with E-state index in [1.54, 1.807) is 25.1 Å². The maximum absolute atomic E-state index is 12.2. The molecule has 0 radical (unpaired) electrons. The Labute approximate surface area is 118 Å². The van der Waals surface area contributed by atoms with E-state index in [0.717, 1.165) is 5.56 Å². The highest BCUT2D eigenvalue weighted by atomic mass is 16.5. The van der Waals surface area contributed by atoms with Crippen LogP contribution in [-0.2, 0) is 9.53 Å². The SMILES string of the molecule is COC(C(=O)Nc1ccc(O)c(C)c1)c1ccccc1. The summed E-state index contributed by atoms with van der Waals surface area (Å²) >= 11 is 0. The zero-order valence-electron chi connectivity index (χ0n) is 11.5. The number of rotatable bonds is 4. The Morgan fingerprint density at radius 2 is 1.90 bits per heavy atom. The first-order valence-electron chi connectivity index (χ1n) is 6.30. The van der Waals surface area contributed by atoms with Gasteiger partial charge in [0, 0.05) is 12.8 Å². The van der Waals surface area contributed by atoms with Crippen LogP contribution in [0.4, 0.5) is 5.69 Å². The molecule has 1 unspecified atom stereocenters. The largest absolute Gasteiger partial charge is 0.508 e. The van der Waals surface area contributed by atoms with Gasteiger partial charge in [0.25, 0.3) is 5.91 Å². The number of hydrogen-bond acceptors (Lipinski definition) is 3. The second-order valence-corrected chi connectivity index (χ2v) is 4.52. The Balaban J connectivity index is 2.15. The van der Waals surface area contributed by atoms with E-state index in [1.165, 1.54) is 7.11 Å². The standard InChI is InChI=1S/C16H17NO3/c1-11-10-13(8-9-14(11)18)17-16(19)15(20-2)12-6-4-3-5-7-12/h3-10,15,18H,1-2H3,(H,17,19). The third kappa shape index (κ3) is 3.16. The normalized spacial score (nSPS) is 11.9. The van der Waals surface area contributed by atoms with E-state index < -0.39 is 6.10 Å². The fourth-order valence-corrected chi connectivity index (χ4v) is 1.96. The summed E-state index contributed by atoms with van der Waals surface area (Å²) in [6, 6.07) is 14.2.